The maximum absolute atomic E-state index is 13.5. The zero-order valence-electron chi connectivity index (χ0n) is 21.9. The van der Waals surface area contributed by atoms with E-state index in [2.05, 4.69) is 36.9 Å². The molecule has 4 aromatic carbocycles. The summed E-state index contributed by atoms with van der Waals surface area (Å²) in [5.41, 5.74) is 6.63. The lowest BCUT2D eigenvalue weighted by molar-refractivity contribution is 0.0952. The van der Waals surface area contributed by atoms with Gasteiger partial charge in [0.2, 0.25) is 0 Å². The molecule has 2 aromatic heterocycles. The van der Waals surface area contributed by atoms with Crippen LogP contribution in [0.1, 0.15) is 21.5 Å². The van der Waals surface area contributed by atoms with Crippen molar-refractivity contribution in [2.75, 3.05) is 5.32 Å². The Labute approximate surface area is 245 Å². The zero-order chi connectivity index (χ0) is 28.2. The minimum absolute atomic E-state index is 0.172. The van der Waals surface area contributed by atoms with E-state index in [1.807, 2.05) is 109 Å². The van der Waals surface area contributed by atoms with Crippen molar-refractivity contribution in [1.29, 1.82) is 0 Å². The summed E-state index contributed by atoms with van der Waals surface area (Å²) in [5, 5.41) is 10.5. The lowest BCUT2D eigenvalue weighted by Gasteiger charge is -2.11. The maximum Gasteiger partial charge on any atom is 0.319 e. The number of carbonyl (C=O) groups excluding carboxylic acids is 2. The summed E-state index contributed by atoms with van der Waals surface area (Å²) >= 11 is 3.56. The first-order valence-electron chi connectivity index (χ1n) is 13.2. The van der Waals surface area contributed by atoms with E-state index in [9.17, 15) is 9.59 Å². The molecule has 0 spiro atoms. The van der Waals surface area contributed by atoms with Gasteiger partial charge in [-0.25, -0.2) is 9.78 Å². The highest BCUT2D eigenvalue weighted by Gasteiger charge is 2.16. The van der Waals surface area contributed by atoms with Crippen LogP contribution in [0.5, 0.6) is 0 Å². The standard InChI is InChI=1S/C33H26BrN5O2/c34-23-14-15-29-26(16-23)28(20-35-29)31-17-27(25-8-4-5-9-30(25)39-31)32(40)36-18-21-10-12-22(13-11-21)19-37-33(41)38-24-6-2-1-3-7-24/h1-17,20,35H,18-19H2,(H,36,40)(H2,37,38,41). The SMILES string of the molecule is O=C(NCc1ccc(CNC(=O)c2cc(-c3c[nH]c4ccc(Br)cc34)nc3ccccc23)cc1)Nc1ccccc1. The van der Waals surface area contributed by atoms with Gasteiger partial charge in [0, 0.05) is 51.3 Å². The molecular formula is C33H26BrN5O2. The van der Waals surface area contributed by atoms with Crippen molar-refractivity contribution in [1.82, 2.24) is 20.6 Å². The molecule has 0 atom stereocenters. The van der Waals surface area contributed by atoms with Gasteiger partial charge in [0.15, 0.2) is 0 Å². The molecule has 6 rings (SSSR count). The van der Waals surface area contributed by atoms with E-state index in [-0.39, 0.29) is 11.9 Å². The zero-order valence-corrected chi connectivity index (χ0v) is 23.5. The fourth-order valence-corrected chi connectivity index (χ4v) is 5.10. The van der Waals surface area contributed by atoms with E-state index in [4.69, 9.17) is 4.98 Å². The molecule has 0 aliphatic rings. The molecule has 3 amide bonds. The fraction of sp³-hybridized carbons (Fsp3) is 0.0606. The number of nitrogens with zero attached hydrogens (tertiary/aromatic N) is 1. The van der Waals surface area contributed by atoms with Crippen LogP contribution in [0.25, 0.3) is 33.1 Å². The Morgan fingerprint density at radius 2 is 1.46 bits per heavy atom. The maximum atomic E-state index is 13.5. The number of aromatic amines is 1. The van der Waals surface area contributed by atoms with Gasteiger partial charge in [-0.05, 0) is 53.6 Å². The molecule has 4 N–H and O–H groups in total. The number of amides is 3. The first kappa shape index (κ1) is 26.3. The Hall–Kier alpha value is -4.95. The Morgan fingerprint density at radius 3 is 2.24 bits per heavy atom. The van der Waals surface area contributed by atoms with Crippen LogP contribution in [-0.2, 0) is 13.1 Å². The van der Waals surface area contributed by atoms with Crippen LogP contribution in [0, 0.1) is 0 Å². The lowest BCUT2D eigenvalue weighted by Crippen LogP contribution is -2.28. The number of benzene rings is 4. The molecule has 41 heavy (non-hydrogen) atoms. The smallest absolute Gasteiger partial charge is 0.319 e. The van der Waals surface area contributed by atoms with Gasteiger partial charge in [0.25, 0.3) is 5.91 Å². The number of anilines is 1. The Bertz CT molecular complexity index is 1870. The Balaban J connectivity index is 1.15. The monoisotopic (exact) mass is 603 g/mol. The van der Waals surface area contributed by atoms with Crippen LogP contribution < -0.4 is 16.0 Å². The second-order valence-corrected chi connectivity index (χ2v) is 10.6. The number of nitrogens with one attached hydrogen (secondary N) is 4. The molecule has 7 nitrogen and oxygen atoms in total. The third-order valence-corrected chi connectivity index (χ3v) is 7.33. The molecule has 0 bridgehead atoms. The van der Waals surface area contributed by atoms with Crippen molar-refractivity contribution in [2.24, 2.45) is 0 Å². The normalized spacial score (nSPS) is 11.0. The van der Waals surface area contributed by atoms with E-state index < -0.39 is 0 Å². The summed E-state index contributed by atoms with van der Waals surface area (Å²) in [6.45, 7) is 0.758. The average Bonchev–Trinajstić information content (AvgIpc) is 3.42. The molecule has 202 valence electrons. The summed E-state index contributed by atoms with van der Waals surface area (Å²) in [6, 6.07) is 32.4. The number of carbonyl (C=O) groups is 2. The largest absolute Gasteiger partial charge is 0.360 e. The highest BCUT2D eigenvalue weighted by atomic mass is 79.9. The number of rotatable bonds is 7. The van der Waals surface area contributed by atoms with Gasteiger partial charge >= 0.3 is 6.03 Å². The molecule has 6 aromatic rings. The summed E-state index contributed by atoms with van der Waals surface area (Å²) in [7, 11) is 0. The second kappa shape index (κ2) is 11.7. The van der Waals surface area contributed by atoms with Crippen molar-refractivity contribution in [3.05, 3.63) is 130 Å². The summed E-state index contributed by atoms with van der Waals surface area (Å²) in [6.07, 6.45) is 1.93. The topological polar surface area (TPSA) is 98.9 Å². The number of para-hydroxylation sites is 2. The van der Waals surface area contributed by atoms with E-state index in [0.29, 0.717) is 18.7 Å². The first-order chi connectivity index (χ1) is 20.0. The second-order valence-electron chi connectivity index (χ2n) is 9.64. The van der Waals surface area contributed by atoms with Gasteiger partial charge < -0.3 is 20.9 Å². The van der Waals surface area contributed by atoms with Crippen molar-refractivity contribution in [3.8, 4) is 11.3 Å². The number of aromatic nitrogens is 2. The molecule has 0 aliphatic carbocycles. The number of urea groups is 1. The minimum Gasteiger partial charge on any atom is -0.360 e. The molecule has 0 saturated carbocycles. The van der Waals surface area contributed by atoms with Crippen LogP contribution in [0.4, 0.5) is 10.5 Å². The number of H-pyrrole nitrogens is 1. The minimum atomic E-state index is -0.267. The summed E-state index contributed by atoms with van der Waals surface area (Å²) in [4.78, 5) is 33.8. The van der Waals surface area contributed by atoms with Crippen molar-refractivity contribution in [3.63, 3.8) is 0 Å². The number of fused-ring (bicyclic) bond motifs is 2. The van der Waals surface area contributed by atoms with Gasteiger partial charge in [0.1, 0.15) is 0 Å². The van der Waals surface area contributed by atoms with Crippen LogP contribution in [-0.4, -0.2) is 21.9 Å². The molecule has 8 heteroatoms. The number of hydrogen-bond donors (Lipinski definition) is 4. The quantitative estimate of drug-likeness (QED) is 0.153. The van der Waals surface area contributed by atoms with Gasteiger partial charge in [-0.3, -0.25) is 4.79 Å². The van der Waals surface area contributed by atoms with Gasteiger partial charge in [-0.15, -0.1) is 0 Å². The van der Waals surface area contributed by atoms with E-state index >= 15 is 0 Å². The first-order valence-corrected chi connectivity index (χ1v) is 14.0. The molecule has 0 saturated heterocycles. The molecular weight excluding hydrogens is 578 g/mol. The van der Waals surface area contributed by atoms with Crippen molar-refractivity contribution < 1.29 is 9.59 Å². The van der Waals surface area contributed by atoms with Crippen LogP contribution >= 0.6 is 15.9 Å². The fourth-order valence-electron chi connectivity index (χ4n) is 4.74. The Morgan fingerprint density at radius 1 is 0.756 bits per heavy atom. The van der Waals surface area contributed by atoms with Gasteiger partial charge in [0.05, 0.1) is 16.8 Å². The van der Waals surface area contributed by atoms with E-state index in [1.54, 1.807) is 0 Å². The molecule has 2 heterocycles. The summed E-state index contributed by atoms with van der Waals surface area (Å²) < 4.78 is 0.974. The highest BCUT2D eigenvalue weighted by molar-refractivity contribution is 9.10. The predicted molar refractivity (Wildman–Crippen MR) is 167 cm³/mol. The lowest BCUT2D eigenvalue weighted by atomic mass is 10.0. The van der Waals surface area contributed by atoms with Crippen molar-refractivity contribution >= 4 is 55.4 Å². The van der Waals surface area contributed by atoms with Gasteiger partial charge in [-0.1, -0.05) is 76.6 Å². The van der Waals surface area contributed by atoms with Crippen LogP contribution in [0.2, 0.25) is 0 Å². The van der Waals surface area contributed by atoms with Crippen LogP contribution in [0.3, 0.4) is 0 Å². The van der Waals surface area contributed by atoms with Gasteiger partial charge in [-0.2, -0.15) is 0 Å². The molecule has 0 aliphatic heterocycles. The molecule has 0 radical (unpaired) electrons. The number of hydrogen-bond acceptors (Lipinski definition) is 3. The predicted octanol–water partition coefficient (Wildman–Crippen LogP) is 7.40. The average molecular weight is 605 g/mol. The third-order valence-electron chi connectivity index (χ3n) is 6.84. The number of pyridine rings is 1. The van der Waals surface area contributed by atoms with Crippen molar-refractivity contribution in [2.45, 2.75) is 13.1 Å². The molecule has 0 fully saturated rings. The Kier molecular flexibility index (Phi) is 7.47. The van der Waals surface area contributed by atoms with E-state index in [0.717, 1.165) is 54.4 Å². The van der Waals surface area contributed by atoms with Crippen LogP contribution in [0.15, 0.2) is 114 Å². The van der Waals surface area contributed by atoms with E-state index in [1.165, 1.54) is 0 Å². The summed E-state index contributed by atoms with van der Waals surface area (Å²) in [5.74, 6) is -0.172. The number of halogens is 1. The third kappa shape index (κ3) is 5.97. The molecule has 0 unspecified atom stereocenters. The highest BCUT2D eigenvalue weighted by Crippen LogP contribution is 2.32.